The van der Waals surface area contributed by atoms with Crippen molar-refractivity contribution in [1.29, 1.82) is 0 Å². The molecule has 2 aromatic heterocycles. The Balaban J connectivity index is 1.53. The maximum Gasteiger partial charge on any atom is 0.323 e. The number of thioether (sulfide) groups is 1. The highest BCUT2D eigenvalue weighted by Crippen LogP contribution is 2.39. The second kappa shape index (κ2) is 10.1. The number of halogens is 1. The number of anilines is 1. The molecule has 6 rings (SSSR count). The summed E-state index contributed by atoms with van der Waals surface area (Å²) in [5.74, 6) is 0.937. The van der Waals surface area contributed by atoms with E-state index in [-0.39, 0.29) is 12.1 Å². The predicted octanol–water partition coefficient (Wildman–Crippen LogP) is 7.48. The van der Waals surface area contributed by atoms with Crippen LogP contribution in [-0.4, -0.2) is 31.5 Å². The fraction of sp³-hybridized carbons (Fsp3) is 0.133. The first kappa shape index (κ1) is 24.4. The van der Waals surface area contributed by atoms with Crippen LogP contribution in [0.4, 0.5) is 10.5 Å². The van der Waals surface area contributed by atoms with Gasteiger partial charge in [0, 0.05) is 16.7 Å². The maximum atomic E-state index is 14.0. The van der Waals surface area contributed by atoms with Gasteiger partial charge in [-0.1, -0.05) is 54.1 Å². The lowest BCUT2D eigenvalue weighted by molar-refractivity contribution is 0.194. The zero-order valence-electron chi connectivity index (χ0n) is 21.0. The molecule has 1 aliphatic heterocycles. The van der Waals surface area contributed by atoms with Gasteiger partial charge in [-0.2, -0.15) is 5.10 Å². The summed E-state index contributed by atoms with van der Waals surface area (Å²) in [6, 6.07) is 29.3. The van der Waals surface area contributed by atoms with Crippen LogP contribution in [0.15, 0.2) is 102 Å². The van der Waals surface area contributed by atoms with Crippen molar-refractivity contribution in [2.45, 2.75) is 24.4 Å². The summed E-state index contributed by atoms with van der Waals surface area (Å²) in [5.41, 5.74) is 5.41. The summed E-state index contributed by atoms with van der Waals surface area (Å²) >= 11 is 8.11. The Bertz CT molecular complexity index is 1610. The Labute approximate surface area is 230 Å². The van der Waals surface area contributed by atoms with Crippen LogP contribution in [0.25, 0.3) is 11.5 Å². The summed E-state index contributed by atoms with van der Waals surface area (Å²) in [5, 5.41) is 8.46. The van der Waals surface area contributed by atoms with Crippen molar-refractivity contribution in [3.8, 4) is 11.5 Å². The second-order valence-corrected chi connectivity index (χ2v) is 10.4. The first-order valence-corrected chi connectivity index (χ1v) is 13.9. The van der Waals surface area contributed by atoms with E-state index in [1.54, 1.807) is 17.8 Å². The van der Waals surface area contributed by atoms with Crippen molar-refractivity contribution in [1.82, 2.24) is 19.2 Å². The van der Waals surface area contributed by atoms with Gasteiger partial charge >= 0.3 is 6.03 Å². The fourth-order valence-electron chi connectivity index (χ4n) is 5.04. The summed E-state index contributed by atoms with van der Waals surface area (Å²) < 4.78 is 4.13. The van der Waals surface area contributed by atoms with Gasteiger partial charge in [-0.3, -0.25) is 0 Å². The Morgan fingerprint density at radius 2 is 1.71 bits per heavy atom. The van der Waals surface area contributed by atoms with E-state index < -0.39 is 0 Å². The smallest absolute Gasteiger partial charge is 0.307 e. The highest BCUT2D eigenvalue weighted by molar-refractivity contribution is 7.98. The molecule has 0 bridgehead atoms. The predicted molar refractivity (Wildman–Crippen MR) is 154 cm³/mol. The van der Waals surface area contributed by atoms with Gasteiger partial charge in [-0.05, 0) is 67.3 Å². The molecule has 3 aromatic carbocycles. The minimum Gasteiger partial charge on any atom is -0.307 e. The summed E-state index contributed by atoms with van der Waals surface area (Å²) in [6.07, 6.45) is 4.11. The topological polar surface area (TPSA) is 55.1 Å². The van der Waals surface area contributed by atoms with Gasteiger partial charge in [-0.15, -0.1) is 11.8 Å². The number of nitrogens with zero attached hydrogens (tertiary/aromatic N) is 4. The number of carbonyl (C=O) groups is 1. The fourth-order valence-corrected chi connectivity index (χ4v) is 5.63. The van der Waals surface area contributed by atoms with Gasteiger partial charge < -0.3 is 14.8 Å². The number of urea groups is 1. The van der Waals surface area contributed by atoms with Gasteiger partial charge in [0.25, 0.3) is 0 Å². The van der Waals surface area contributed by atoms with E-state index >= 15 is 0 Å². The number of amides is 2. The van der Waals surface area contributed by atoms with Crippen molar-refractivity contribution in [2.24, 2.45) is 0 Å². The van der Waals surface area contributed by atoms with E-state index in [9.17, 15) is 4.79 Å². The molecule has 0 spiro atoms. The van der Waals surface area contributed by atoms with Crippen molar-refractivity contribution < 1.29 is 4.79 Å². The molecule has 0 fully saturated rings. The zero-order chi connectivity index (χ0) is 26.2. The van der Waals surface area contributed by atoms with Gasteiger partial charge in [0.15, 0.2) is 0 Å². The average molecular weight is 540 g/mol. The molecular weight excluding hydrogens is 514 g/mol. The van der Waals surface area contributed by atoms with Gasteiger partial charge in [0.2, 0.25) is 0 Å². The third kappa shape index (κ3) is 4.27. The number of hydrogen-bond donors (Lipinski definition) is 1. The van der Waals surface area contributed by atoms with Crippen molar-refractivity contribution in [2.75, 3.05) is 11.6 Å². The Morgan fingerprint density at radius 3 is 2.45 bits per heavy atom. The van der Waals surface area contributed by atoms with Crippen LogP contribution in [0.2, 0.25) is 5.02 Å². The molecule has 1 atom stereocenters. The van der Waals surface area contributed by atoms with Crippen LogP contribution in [0.3, 0.4) is 0 Å². The van der Waals surface area contributed by atoms with Gasteiger partial charge in [-0.25, -0.2) is 9.48 Å². The highest BCUT2D eigenvalue weighted by atomic mass is 35.5. The lowest BCUT2D eigenvalue weighted by Crippen LogP contribution is -2.38. The molecule has 190 valence electrons. The second-order valence-electron chi connectivity index (χ2n) is 9.15. The molecule has 1 N–H and O–H groups in total. The minimum absolute atomic E-state index is 0.232. The van der Waals surface area contributed by atoms with Crippen molar-refractivity contribution in [3.05, 3.63) is 125 Å². The number of benzene rings is 3. The molecule has 38 heavy (non-hydrogen) atoms. The number of aromatic nitrogens is 3. The normalized spacial score (nSPS) is 14.5. The number of para-hydroxylation sites is 2. The Hall–Kier alpha value is -3.94. The van der Waals surface area contributed by atoms with Crippen LogP contribution in [0, 0.1) is 6.92 Å². The molecule has 2 amide bonds. The van der Waals surface area contributed by atoms with Crippen LogP contribution < -0.4 is 5.32 Å². The number of nitrogens with one attached hydrogen (secondary N) is 1. The third-order valence-corrected chi connectivity index (χ3v) is 7.97. The SMILES string of the molecule is CSc1ccc([C@H]2c3cccn3-c3c(c(C)nn3-c3ccccc3)CN2C(=O)Nc2ccccc2Cl)cc1. The van der Waals surface area contributed by atoms with Gasteiger partial charge in [0.1, 0.15) is 5.82 Å². The lowest BCUT2D eigenvalue weighted by Gasteiger charge is -2.31. The first-order valence-electron chi connectivity index (χ1n) is 12.3. The summed E-state index contributed by atoms with van der Waals surface area (Å²) in [6.45, 7) is 2.38. The molecule has 3 heterocycles. The van der Waals surface area contributed by atoms with E-state index in [1.165, 1.54) is 4.90 Å². The van der Waals surface area contributed by atoms with E-state index in [0.717, 1.165) is 34.0 Å². The summed E-state index contributed by atoms with van der Waals surface area (Å²) in [7, 11) is 0. The monoisotopic (exact) mass is 539 g/mol. The Kier molecular flexibility index (Phi) is 6.47. The number of carbonyl (C=O) groups excluding carboxylic acids is 1. The number of hydrogen-bond acceptors (Lipinski definition) is 3. The number of aryl methyl sites for hydroxylation is 1. The number of fused-ring (bicyclic) bond motifs is 3. The molecule has 0 saturated carbocycles. The molecule has 0 saturated heterocycles. The quantitative estimate of drug-likeness (QED) is 0.241. The largest absolute Gasteiger partial charge is 0.323 e. The standard InChI is InChI=1S/C30H26ClN5OS/c1-20-24-19-35(30(37)32-26-12-7-6-11-25(26)31)28(21-14-16-23(38-2)17-15-21)27-13-8-18-34(27)29(24)36(33-20)22-9-4-3-5-10-22/h3-18,28H,19H2,1-2H3,(H,32,37)/t28-/m0/s1. The van der Waals surface area contributed by atoms with Gasteiger partial charge in [0.05, 0.1) is 40.4 Å². The molecule has 5 aromatic rings. The molecule has 0 aliphatic carbocycles. The van der Waals surface area contributed by atoms with E-state index in [2.05, 4.69) is 46.5 Å². The maximum absolute atomic E-state index is 14.0. The van der Waals surface area contributed by atoms with Crippen LogP contribution in [0.1, 0.15) is 28.6 Å². The molecule has 6 nitrogen and oxygen atoms in total. The van der Waals surface area contributed by atoms with Crippen molar-refractivity contribution >= 4 is 35.1 Å². The molecule has 1 aliphatic rings. The highest BCUT2D eigenvalue weighted by Gasteiger charge is 2.36. The average Bonchev–Trinajstić information content (AvgIpc) is 3.51. The van der Waals surface area contributed by atoms with Crippen LogP contribution in [0.5, 0.6) is 0 Å². The minimum atomic E-state index is -0.334. The molecular formula is C30H26ClN5OS. The summed E-state index contributed by atoms with van der Waals surface area (Å²) in [4.78, 5) is 17.1. The van der Waals surface area contributed by atoms with E-state index in [1.807, 2.05) is 77.3 Å². The molecule has 0 unspecified atom stereocenters. The van der Waals surface area contributed by atoms with E-state index in [4.69, 9.17) is 16.7 Å². The van der Waals surface area contributed by atoms with E-state index in [0.29, 0.717) is 17.3 Å². The Morgan fingerprint density at radius 1 is 0.974 bits per heavy atom. The zero-order valence-corrected chi connectivity index (χ0v) is 22.6. The number of rotatable bonds is 4. The first-order chi connectivity index (χ1) is 18.5. The van der Waals surface area contributed by atoms with Crippen molar-refractivity contribution in [3.63, 3.8) is 0 Å². The molecule has 8 heteroatoms. The lowest BCUT2D eigenvalue weighted by atomic mass is 10.0. The molecule has 0 radical (unpaired) electrons. The van der Waals surface area contributed by atoms with Crippen LogP contribution in [-0.2, 0) is 6.54 Å². The van der Waals surface area contributed by atoms with Crippen LogP contribution >= 0.6 is 23.4 Å². The third-order valence-electron chi connectivity index (χ3n) is 6.89.